The van der Waals surface area contributed by atoms with Crippen LogP contribution in [0, 0.1) is 0 Å². The van der Waals surface area contributed by atoms with E-state index in [2.05, 4.69) is 22.2 Å². The highest BCUT2D eigenvalue weighted by atomic mass is 15.4. The fourth-order valence-electron chi connectivity index (χ4n) is 1.50. The minimum atomic E-state index is 0.879. The lowest BCUT2D eigenvalue weighted by Crippen LogP contribution is -1.99. The van der Waals surface area contributed by atoms with Gasteiger partial charge in [0.25, 0.3) is 0 Å². The third-order valence-electron chi connectivity index (χ3n) is 2.29. The monoisotopic (exact) mass is 190 g/mol. The molecule has 0 aliphatic heterocycles. The molecule has 0 amide bonds. The summed E-state index contributed by atoms with van der Waals surface area (Å²) in [6.45, 7) is 3.15. The molecule has 2 aromatic heterocycles. The van der Waals surface area contributed by atoms with Crippen LogP contribution in [0.1, 0.15) is 26.2 Å². The van der Waals surface area contributed by atoms with Gasteiger partial charge >= 0.3 is 0 Å². The number of nitrogens with zero attached hydrogens (tertiary/aromatic N) is 4. The van der Waals surface area contributed by atoms with E-state index in [0.29, 0.717) is 0 Å². The van der Waals surface area contributed by atoms with Crippen molar-refractivity contribution in [3.8, 4) is 0 Å². The highest BCUT2D eigenvalue weighted by molar-refractivity contribution is 5.72. The molecule has 0 radical (unpaired) electrons. The Kier molecular flexibility index (Phi) is 2.72. The summed E-state index contributed by atoms with van der Waals surface area (Å²) < 4.78 is 1.95. The number of pyridine rings is 1. The summed E-state index contributed by atoms with van der Waals surface area (Å²) in [7, 11) is 0. The Balaban J connectivity index is 2.17. The molecule has 0 N–H and O–H groups in total. The molecule has 2 heterocycles. The van der Waals surface area contributed by atoms with Crippen LogP contribution in [0.3, 0.4) is 0 Å². The number of hydrogen-bond donors (Lipinski definition) is 0. The van der Waals surface area contributed by atoms with Gasteiger partial charge in [-0.25, -0.2) is 4.68 Å². The molecule has 0 spiro atoms. The molecule has 4 heteroatoms. The van der Waals surface area contributed by atoms with Crippen molar-refractivity contribution in [2.45, 2.75) is 32.7 Å². The quantitative estimate of drug-likeness (QED) is 0.693. The summed E-state index contributed by atoms with van der Waals surface area (Å²) >= 11 is 0. The summed E-state index contributed by atoms with van der Waals surface area (Å²) in [5.74, 6) is 0. The zero-order chi connectivity index (χ0) is 9.80. The average molecular weight is 190 g/mol. The largest absolute Gasteiger partial charge is 0.262 e. The van der Waals surface area contributed by atoms with Crippen LogP contribution in [0.2, 0.25) is 0 Å². The predicted octanol–water partition coefficient (Wildman–Crippen LogP) is 2.02. The van der Waals surface area contributed by atoms with Gasteiger partial charge in [-0.15, -0.1) is 5.10 Å². The van der Waals surface area contributed by atoms with Gasteiger partial charge < -0.3 is 0 Å². The molecule has 0 atom stereocenters. The maximum absolute atomic E-state index is 4.09. The molecule has 74 valence electrons. The second-order valence-electron chi connectivity index (χ2n) is 3.38. The molecule has 0 aliphatic rings. The molecule has 4 nitrogen and oxygen atoms in total. The van der Waals surface area contributed by atoms with Crippen molar-refractivity contribution in [2.24, 2.45) is 0 Å². The SMILES string of the molecule is CCCCCn1nnc2cnccc21. The number of aryl methyl sites for hydroxylation is 1. The van der Waals surface area contributed by atoms with Crippen LogP contribution in [0.25, 0.3) is 11.0 Å². The lowest BCUT2D eigenvalue weighted by Gasteiger charge is -1.99. The predicted molar refractivity (Wildman–Crippen MR) is 54.8 cm³/mol. The number of rotatable bonds is 4. The summed E-state index contributed by atoms with van der Waals surface area (Å²) in [5.41, 5.74) is 1.96. The first-order valence-corrected chi connectivity index (χ1v) is 5.05. The Morgan fingerprint density at radius 2 is 2.29 bits per heavy atom. The molecule has 0 saturated carbocycles. The first-order chi connectivity index (χ1) is 6.92. The van der Waals surface area contributed by atoms with Gasteiger partial charge in [-0.1, -0.05) is 25.0 Å². The van der Waals surface area contributed by atoms with Gasteiger partial charge in [-0.05, 0) is 12.5 Å². The maximum atomic E-state index is 4.09. The summed E-state index contributed by atoms with van der Waals surface area (Å²) in [6.07, 6.45) is 7.17. The van der Waals surface area contributed by atoms with Crippen LogP contribution in [0.4, 0.5) is 0 Å². The van der Waals surface area contributed by atoms with Crippen LogP contribution in [0.5, 0.6) is 0 Å². The molecule has 14 heavy (non-hydrogen) atoms. The van der Waals surface area contributed by atoms with Gasteiger partial charge in [-0.2, -0.15) is 0 Å². The zero-order valence-electron chi connectivity index (χ0n) is 8.35. The molecule has 2 rings (SSSR count). The number of unbranched alkanes of at least 4 members (excludes halogenated alkanes) is 2. The minimum absolute atomic E-state index is 0.879. The van der Waals surface area contributed by atoms with Crippen molar-refractivity contribution in [1.29, 1.82) is 0 Å². The van der Waals surface area contributed by atoms with E-state index >= 15 is 0 Å². The molecule has 0 aromatic carbocycles. The molecule has 0 saturated heterocycles. The molecule has 0 bridgehead atoms. The fraction of sp³-hybridized carbons (Fsp3) is 0.500. The first-order valence-electron chi connectivity index (χ1n) is 5.05. The number of fused-ring (bicyclic) bond motifs is 1. The van der Waals surface area contributed by atoms with E-state index in [4.69, 9.17) is 0 Å². The van der Waals surface area contributed by atoms with Gasteiger partial charge in [0.1, 0.15) is 5.52 Å². The van der Waals surface area contributed by atoms with Gasteiger partial charge in [-0.3, -0.25) is 4.98 Å². The van der Waals surface area contributed by atoms with Crippen molar-refractivity contribution in [1.82, 2.24) is 20.0 Å². The van der Waals surface area contributed by atoms with E-state index in [1.54, 1.807) is 12.4 Å². The summed E-state index contributed by atoms with van der Waals surface area (Å²) in [5, 5.41) is 8.14. The summed E-state index contributed by atoms with van der Waals surface area (Å²) in [6, 6.07) is 1.96. The average Bonchev–Trinajstić information content (AvgIpc) is 2.63. The smallest absolute Gasteiger partial charge is 0.131 e. The van der Waals surface area contributed by atoms with E-state index in [1.807, 2.05) is 10.7 Å². The standard InChI is InChI=1S/C10H14N4/c1-2-3-4-7-14-10-5-6-11-8-9(10)12-13-14/h5-6,8H,2-4,7H2,1H3. The van der Waals surface area contributed by atoms with Gasteiger partial charge in [0.2, 0.25) is 0 Å². The molecule has 0 aliphatic carbocycles. The van der Waals surface area contributed by atoms with Crippen molar-refractivity contribution >= 4 is 11.0 Å². The Morgan fingerprint density at radius 1 is 1.36 bits per heavy atom. The van der Waals surface area contributed by atoms with Crippen LogP contribution < -0.4 is 0 Å². The van der Waals surface area contributed by atoms with Crippen molar-refractivity contribution < 1.29 is 0 Å². The van der Waals surface area contributed by atoms with Gasteiger partial charge in [0.15, 0.2) is 0 Å². The van der Waals surface area contributed by atoms with E-state index in [9.17, 15) is 0 Å². The maximum Gasteiger partial charge on any atom is 0.131 e. The Bertz CT molecular complexity index is 407. The van der Waals surface area contributed by atoms with E-state index in [-0.39, 0.29) is 0 Å². The Morgan fingerprint density at radius 3 is 3.14 bits per heavy atom. The molecular formula is C10H14N4. The van der Waals surface area contributed by atoms with Gasteiger partial charge in [0.05, 0.1) is 11.7 Å². The van der Waals surface area contributed by atoms with Crippen LogP contribution in [-0.4, -0.2) is 20.0 Å². The zero-order valence-corrected chi connectivity index (χ0v) is 8.35. The Hall–Kier alpha value is -1.45. The second kappa shape index (κ2) is 4.17. The summed E-state index contributed by atoms with van der Waals surface area (Å²) in [4.78, 5) is 4.01. The van der Waals surface area contributed by atoms with Crippen LogP contribution in [0.15, 0.2) is 18.5 Å². The molecular weight excluding hydrogens is 176 g/mol. The molecule has 0 unspecified atom stereocenters. The lowest BCUT2D eigenvalue weighted by atomic mass is 10.2. The van der Waals surface area contributed by atoms with E-state index in [1.165, 1.54) is 12.8 Å². The van der Waals surface area contributed by atoms with Crippen molar-refractivity contribution in [3.05, 3.63) is 18.5 Å². The van der Waals surface area contributed by atoms with Crippen LogP contribution >= 0.6 is 0 Å². The normalized spacial score (nSPS) is 10.9. The first kappa shape index (κ1) is 9.12. The van der Waals surface area contributed by atoms with Crippen molar-refractivity contribution in [3.63, 3.8) is 0 Å². The third kappa shape index (κ3) is 1.73. The minimum Gasteiger partial charge on any atom is -0.262 e. The number of hydrogen-bond acceptors (Lipinski definition) is 3. The molecule has 2 aromatic rings. The number of aromatic nitrogens is 4. The van der Waals surface area contributed by atoms with E-state index < -0.39 is 0 Å². The highest BCUT2D eigenvalue weighted by Gasteiger charge is 2.02. The molecule has 0 fully saturated rings. The second-order valence-corrected chi connectivity index (χ2v) is 3.38. The van der Waals surface area contributed by atoms with Crippen molar-refractivity contribution in [2.75, 3.05) is 0 Å². The topological polar surface area (TPSA) is 43.6 Å². The van der Waals surface area contributed by atoms with Gasteiger partial charge in [0, 0.05) is 12.7 Å². The van der Waals surface area contributed by atoms with Crippen LogP contribution in [-0.2, 0) is 6.54 Å². The van der Waals surface area contributed by atoms with E-state index in [0.717, 1.165) is 24.0 Å². The lowest BCUT2D eigenvalue weighted by molar-refractivity contribution is 0.550. The fourth-order valence-corrected chi connectivity index (χ4v) is 1.50. The Labute approximate surface area is 83.0 Å². The third-order valence-corrected chi connectivity index (χ3v) is 2.29. The highest BCUT2D eigenvalue weighted by Crippen LogP contribution is 2.09.